The fourth-order valence-corrected chi connectivity index (χ4v) is 1.74. The lowest BCUT2D eigenvalue weighted by molar-refractivity contribution is 1.00. The molecule has 0 unspecified atom stereocenters. The van der Waals surface area contributed by atoms with Gasteiger partial charge in [-0.3, -0.25) is 15.4 Å². The van der Waals surface area contributed by atoms with E-state index in [4.69, 9.17) is 0 Å². The van der Waals surface area contributed by atoms with E-state index in [9.17, 15) is 0 Å². The molecule has 4 nitrogen and oxygen atoms in total. The lowest BCUT2D eigenvalue weighted by Gasteiger charge is -2.07. The predicted octanol–water partition coefficient (Wildman–Crippen LogP) is 1.26. The first kappa shape index (κ1) is 9.21. The monoisotopic (exact) mass is 206 g/mol. The molecule has 1 aromatic rings. The van der Waals surface area contributed by atoms with Crippen LogP contribution in [0.3, 0.4) is 0 Å². The van der Waals surface area contributed by atoms with Crippen molar-refractivity contribution in [2.24, 2.45) is 10.1 Å². The van der Waals surface area contributed by atoms with E-state index in [0.717, 1.165) is 16.6 Å². The van der Waals surface area contributed by atoms with Crippen molar-refractivity contribution in [1.29, 1.82) is 0 Å². The van der Waals surface area contributed by atoms with Gasteiger partial charge in [-0.05, 0) is 12.1 Å². The van der Waals surface area contributed by atoms with Crippen molar-refractivity contribution in [3.05, 3.63) is 30.1 Å². The standard InChI is InChI=1S/C9H10N4S/c1-2-4-10-8(3-1)7-14-9-11-5-6-12-13-9/h1-4,6H,5,7H2,(H,11,13). The SMILES string of the molecule is C1=NNC(SCc2ccccn2)=NC1. The van der Waals surface area contributed by atoms with Gasteiger partial charge in [0.1, 0.15) is 0 Å². The molecule has 0 atom stereocenters. The van der Waals surface area contributed by atoms with Crippen molar-refractivity contribution in [1.82, 2.24) is 10.4 Å². The summed E-state index contributed by atoms with van der Waals surface area (Å²) in [5.74, 6) is 0.822. The topological polar surface area (TPSA) is 49.6 Å². The molecule has 0 bridgehead atoms. The number of hydrazone groups is 1. The number of thioether (sulfide) groups is 1. The molecule has 0 aromatic carbocycles. The second-order valence-corrected chi connectivity index (χ2v) is 3.64. The lowest BCUT2D eigenvalue weighted by atomic mass is 10.4. The quantitative estimate of drug-likeness (QED) is 0.792. The van der Waals surface area contributed by atoms with Gasteiger partial charge in [-0.25, -0.2) is 0 Å². The number of amidine groups is 1. The molecule has 0 radical (unpaired) electrons. The van der Waals surface area contributed by atoms with Gasteiger partial charge in [0.05, 0.1) is 12.2 Å². The smallest absolute Gasteiger partial charge is 0.177 e. The summed E-state index contributed by atoms with van der Waals surface area (Å²) < 4.78 is 0. The Kier molecular flexibility index (Phi) is 3.13. The fourth-order valence-electron chi connectivity index (χ4n) is 1.00. The highest BCUT2D eigenvalue weighted by molar-refractivity contribution is 8.13. The third kappa shape index (κ3) is 2.56. The van der Waals surface area contributed by atoms with Crippen LogP contribution >= 0.6 is 11.8 Å². The van der Waals surface area contributed by atoms with E-state index < -0.39 is 0 Å². The van der Waals surface area contributed by atoms with Gasteiger partial charge in [0.2, 0.25) is 0 Å². The minimum absolute atomic E-state index is 0.664. The average Bonchev–Trinajstić information content (AvgIpc) is 2.29. The molecule has 0 spiro atoms. The van der Waals surface area contributed by atoms with Gasteiger partial charge in [0.15, 0.2) is 5.17 Å². The Morgan fingerprint density at radius 3 is 3.14 bits per heavy atom. The first-order chi connectivity index (χ1) is 6.95. The van der Waals surface area contributed by atoms with Crippen LogP contribution in [0.25, 0.3) is 0 Å². The average molecular weight is 206 g/mol. The maximum Gasteiger partial charge on any atom is 0.177 e. The molecule has 1 aliphatic heterocycles. The first-order valence-electron chi connectivity index (χ1n) is 4.30. The number of hydrogen-bond donors (Lipinski definition) is 1. The number of pyridine rings is 1. The van der Waals surface area contributed by atoms with Crippen molar-refractivity contribution in [3.63, 3.8) is 0 Å². The van der Waals surface area contributed by atoms with Gasteiger partial charge >= 0.3 is 0 Å². The summed E-state index contributed by atoms with van der Waals surface area (Å²) in [7, 11) is 0. The predicted molar refractivity (Wildman–Crippen MR) is 59.5 cm³/mol. The molecular weight excluding hydrogens is 196 g/mol. The van der Waals surface area contributed by atoms with E-state index in [0.29, 0.717) is 6.54 Å². The third-order valence-electron chi connectivity index (χ3n) is 1.65. The zero-order valence-corrected chi connectivity index (χ0v) is 8.37. The Balaban J connectivity index is 1.86. The Labute approximate surface area is 86.5 Å². The highest BCUT2D eigenvalue weighted by atomic mass is 32.2. The zero-order valence-electron chi connectivity index (χ0n) is 7.55. The molecule has 0 fully saturated rings. The van der Waals surface area contributed by atoms with Crippen molar-refractivity contribution in [2.75, 3.05) is 6.54 Å². The highest BCUT2D eigenvalue weighted by Gasteiger charge is 2.02. The number of nitrogens with one attached hydrogen (secondary N) is 1. The van der Waals surface area contributed by atoms with E-state index in [-0.39, 0.29) is 0 Å². The molecule has 0 aliphatic carbocycles. The highest BCUT2D eigenvalue weighted by Crippen LogP contribution is 2.11. The molecule has 72 valence electrons. The molecule has 0 saturated carbocycles. The summed E-state index contributed by atoms with van der Waals surface area (Å²) in [6.45, 7) is 0.664. The van der Waals surface area contributed by atoms with Crippen LogP contribution < -0.4 is 5.43 Å². The first-order valence-corrected chi connectivity index (χ1v) is 5.28. The van der Waals surface area contributed by atoms with Gasteiger partial charge in [-0.1, -0.05) is 17.8 Å². The van der Waals surface area contributed by atoms with Crippen LogP contribution in [0.1, 0.15) is 5.69 Å². The number of aliphatic imine (C=N–C) groups is 1. The molecule has 1 N–H and O–H groups in total. The summed E-state index contributed by atoms with van der Waals surface area (Å²) in [6.07, 6.45) is 3.54. The number of rotatable bonds is 2. The summed E-state index contributed by atoms with van der Waals surface area (Å²) in [5, 5.41) is 4.78. The molecule has 0 amide bonds. The largest absolute Gasteiger partial charge is 0.260 e. The van der Waals surface area contributed by atoms with E-state index in [1.807, 2.05) is 18.2 Å². The normalized spacial score (nSPS) is 14.7. The Hall–Kier alpha value is -1.36. The maximum atomic E-state index is 4.24. The van der Waals surface area contributed by atoms with Gasteiger partial charge in [0, 0.05) is 18.2 Å². The molecule has 1 aliphatic rings. The molecule has 14 heavy (non-hydrogen) atoms. The Morgan fingerprint density at radius 1 is 1.43 bits per heavy atom. The lowest BCUT2D eigenvalue weighted by Crippen LogP contribution is -2.19. The summed E-state index contributed by atoms with van der Waals surface area (Å²) >= 11 is 1.61. The van der Waals surface area contributed by atoms with E-state index in [2.05, 4.69) is 20.5 Å². The number of aromatic nitrogens is 1. The van der Waals surface area contributed by atoms with Crippen LogP contribution in [-0.4, -0.2) is 22.9 Å². The Morgan fingerprint density at radius 2 is 2.43 bits per heavy atom. The van der Waals surface area contributed by atoms with E-state index >= 15 is 0 Å². The molecule has 2 rings (SSSR count). The van der Waals surface area contributed by atoms with Gasteiger partial charge in [-0.2, -0.15) is 5.10 Å². The molecular formula is C9H10N4S. The van der Waals surface area contributed by atoms with Crippen molar-refractivity contribution < 1.29 is 0 Å². The molecule has 2 heterocycles. The van der Waals surface area contributed by atoms with Crippen LogP contribution in [-0.2, 0) is 5.75 Å². The van der Waals surface area contributed by atoms with E-state index in [1.165, 1.54) is 0 Å². The molecule has 5 heteroatoms. The van der Waals surface area contributed by atoms with Crippen LogP contribution in [0.2, 0.25) is 0 Å². The van der Waals surface area contributed by atoms with E-state index in [1.54, 1.807) is 24.2 Å². The summed E-state index contributed by atoms with van der Waals surface area (Å²) in [4.78, 5) is 8.46. The number of nitrogens with zero attached hydrogens (tertiary/aromatic N) is 3. The number of hydrogen-bond acceptors (Lipinski definition) is 5. The minimum atomic E-state index is 0.664. The zero-order chi connectivity index (χ0) is 9.64. The van der Waals surface area contributed by atoms with Gasteiger partial charge < -0.3 is 0 Å². The third-order valence-corrected chi connectivity index (χ3v) is 2.58. The van der Waals surface area contributed by atoms with Crippen LogP contribution in [0.15, 0.2) is 34.5 Å². The maximum absolute atomic E-state index is 4.24. The summed E-state index contributed by atoms with van der Waals surface area (Å²) in [6, 6.07) is 5.89. The van der Waals surface area contributed by atoms with Crippen molar-refractivity contribution >= 4 is 23.1 Å². The molecule has 1 aromatic heterocycles. The van der Waals surface area contributed by atoms with Gasteiger partial charge in [-0.15, -0.1) is 0 Å². The van der Waals surface area contributed by atoms with Crippen LogP contribution in [0, 0.1) is 0 Å². The van der Waals surface area contributed by atoms with Crippen LogP contribution in [0.5, 0.6) is 0 Å². The molecule has 0 saturated heterocycles. The van der Waals surface area contributed by atoms with Crippen molar-refractivity contribution in [2.45, 2.75) is 5.75 Å². The summed E-state index contributed by atoms with van der Waals surface area (Å²) in [5.41, 5.74) is 3.90. The second kappa shape index (κ2) is 4.76. The van der Waals surface area contributed by atoms with Gasteiger partial charge in [0.25, 0.3) is 0 Å². The van der Waals surface area contributed by atoms with Crippen LogP contribution in [0.4, 0.5) is 0 Å². The second-order valence-electron chi connectivity index (χ2n) is 2.68. The Bertz CT molecular complexity index is 347. The van der Waals surface area contributed by atoms with Crippen molar-refractivity contribution in [3.8, 4) is 0 Å². The fraction of sp³-hybridized carbons (Fsp3) is 0.222. The minimum Gasteiger partial charge on any atom is -0.260 e.